The number of carbonyl (C=O) groups excluding carboxylic acids is 1. The lowest BCUT2D eigenvalue weighted by Gasteiger charge is -2.12. The number of sulfonamides is 1. The van der Waals surface area contributed by atoms with Gasteiger partial charge in [-0.25, -0.2) is 0 Å². The van der Waals surface area contributed by atoms with Gasteiger partial charge in [-0.15, -0.1) is 4.40 Å². The van der Waals surface area contributed by atoms with E-state index in [1.807, 2.05) is 0 Å². The summed E-state index contributed by atoms with van der Waals surface area (Å²) in [6.45, 7) is 3.90. The van der Waals surface area contributed by atoms with Gasteiger partial charge in [-0.2, -0.15) is 8.42 Å². The number of halogens is 1. The number of carbonyl (C=O) groups is 1. The molecule has 8 heteroatoms. The number of hydrogen-bond donors (Lipinski definition) is 0. The first-order valence-electron chi connectivity index (χ1n) is 5.93. The zero-order valence-corrected chi connectivity index (χ0v) is 13.3. The summed E-state index contributed by atoms with van der Waals surface area (Å²) in [6.07, 6.45) is 0. The lowest BCUT2D eigenvalue weighted by atomic mass is 10.4. The number of hydrogen-bond acceptors (Lipinski definition) is 4. The molecule has 20 heavy (non-hydrogen) atoms. The van der Waals surface area contributed by atoms with Gasteiger partial charge in [-0.05, 0) is 38.1 Å². The van der Waals surface area contributed by atoms with Crippen molar-refractivity contribution in [1.29, 1.82) is 0 Å². The summed E-state index contributed by atoms with van der Waals surface area (Å²) in [5.41, 5.74) is 0. The molecule has 5 nitrogen and oxygen atoms in total. The van der Waals surface area contributed by atoms with Crippen LogP contribution in [0.4, 0.5) is 0 Å². The van der Waals surface area contributed by atoms with Gasteiger partial charge in [-0.3, -0.25) is 9.69 Å². The van der Waals surface area contributed by atoms with E-state index in [2.05, 4.69) is 4.40 Å². The van der Waals surface area contributed by atoms with Gasteiger partial charge in [-0.1, -0.05) is 23.4 Å². The van der Waals surface area contributed by atoms with Crippen LogP contribution in [0.1, 0.15) is 13.8 Å². The van der Waals surface area contributed by atoms with E-state index in [4.69, 9.17) is 11.6 Å². The molecule has 1 aromatic carbocycles. The molecule has 108 valence electrons. The molecule has 1 aliphatic rings. The van der Waals surface area contributed by atoms with Crippen LogP contribution in [0.3, 0.4) is 0 Å². The molecule has 1 heterocycles. The third kappa shape index (κ3) is 2.99. The molecule has 1 atom stereocenters. The molecule has 1 aromatic rings. The Morgan fingerprint density at radius 1 is 1.35 bits per heavy atom. The fourth-order valence-electron chi connectivity index (χ4n) is 1.71. The molecule has 0 aliphatic carbocycles. The quantitative estimate of drug-likeness (QED) is 0.852. The van der Waals surface area contributed by atoms with Gasteiger partial charge in [0, 0.05) is 11.6 Å². The second-order valence-electron chi connectivity index (χ2n) is 4.15. The van der Waals surface area contributed by atoms with Gasteiger partial charge in [0.15, 0.2) is 5.17 Å². The molecule has 1 unspecified atom stereocenters. The first-order chi connectivity index (χ1) is 9.35. The largest absolute Gasteiger partial charge is 0.290 e. The predicted molar refractivity (Wildman–Crippen MR) is 80.5 cm³/mol. The zero-order chi connectivity index (χ0) is 14.9. The third-order valence-electron chi connectivity index (χ3n) is 2.75. The van der Waals surface area contributed by atoms with E-state index < -0.39 is 10.0 Å². The van der Waals surface area contributed by atoms with E-state index in [1.165, 1.54) is 29.2 Å². The smallest absolute Gasteiger partial charge is 0.284 e. The minimum absolute atomic E-state index is 0.0538. The molecule has 0 radical (unpaired) electrons. The van der Waals surface area contributed by atoms with Crippen LogP contribution in [0.15, 0.2) is 33.6 Å². The van der Waals surface area contributed by atoms with Crippen molar-refractivity contribution in [1.82, 2.24) is 4.90 Å². The van der Waals surface area contributed by atoms with E-state index >= 15 is 0 Å². The Morgan fingerprint density at radius 3 is 2.50 bits per heavy atom. The maximum absolute atomic E-state index is 12.2. The van der Waals surface area contributed by atoms with Crippen molar-refractivity contribution < 1.29 is 13.2 Å². The SMILES string of the molecule is CCN1C(=O)C(C)SC1=NS(=O)(=O)c1ccc(Cl)cc1. The summed E-state index contributed by atoms with van der Waals surface area (Å²) >= 11 is 6.88. The topological polar surface area (TPSA) is 66.8 Å². The molecule has 1 saturated heterocycles. The van der Waals surface area contributed by atoms with E-state index in [1.54, 1.807) is 13.8 Å². The average molecular weight is 333 g/mol. The molecule has 0 bridgehead atoms. The predicted octanol–water partition coefficient (Wildman–Crippen LogP) is 2.37. The molecule has 0 aromatic heterocycles. The van der Waals surface area contributed by atoms with Crippen LogP contribution in [0.5, 0.6) is 0 Å². The highest BCUT2D eigenvalue weighted by Crippen LogP contribution is 2.28. The fraction of sp³-hybridized carbons (Fsp3) is 0.333. The number of amidine groups is 1. The molecule has 0 saturated carbocycles. The van der Waals surface area contributed by atoms with Crippen LogP contribution in [0, 0.1) is 0 Å². The van der Waals surface area contributed by atoms with Crippen molar-refractivity contribution in [2.24, 2.45) is 4.40 Å². The number of thioether (sulfide) groups is 1. The average Bonchev–Trinajstić information content (AvgIpc) is 2.64. The summed E-state index contributed by atoms with van der Waals surface area (Å²) < 4.78 is 28.2. The van der Waals surface area contributed by atoms with Crippen LogP contribution in [0.2, 0.25) is 5.02 Å². The summed E-state index contributed by atoms with van der Waals surface area (Å²) in [6, 6.07) is 5.76. The van der Waals surface area contributed by atoms with Crippen LogP contribution in [-0.2, 0) is 14.8 Å². The Labute approximate surface area is 127 Å². The number of nitrogens with zero attached hydrogens (tertiary/aromatic N) is 2. The van der Waals surface area contributed by atoms with Crippen LogP contribution in [-0.4, -0.2) is 36.2 Å². The zero-order valence-electron chi connectivity index (χ0n) is 10.9. The van der Waals surface area contributed by atoms with E-state index in [9.17, 15) is 13.2 Å². The third-order valence-corrected chi connectivity index (χ3v) is 5.48. The Kier molecular flexibility index (Phi) is 4.41. The minimum atomic E-state index is -3.84. The van der Waals surface area contributed by atoms with Gasteiger partial charge >= 0.3 is 0 Å². The minimum Gasteiger partial charge on any atom is -0.290 e. The summed E-state index contributed by atoms with van der Waals surface area (Å²) in [4.78, 5) is 13.3. The second kappa shape index (κ2) is 5.75. The molecule has 0 spiro atoms. The Morgan fingerprint density at radius 2 is 1.95 bits per heavy atom. The second-order valence-corrected chi connectivity index (χ2v) is 7.49. The van der Waals surface area contributed by atoms with Crippen molar-refractivity contribution in [2.75, 3.05) is 6.54 Å². The van der Waals surface area contributed by atoms with Crippen LogP contribution >= 0.6 is 23.4 Å². The van der Waals surface area contributed by atoms with E-state index in [-0.39, 0.29) is 21.2 Å². The van der Waals surface area contributed by atoms with E-state index in [0.29, 0.717) is 11.6 Å². The maximum Gasteiger partial charge on any atom is 0.284 e. The lowest BCUT2D eigenvalue weighted by molar-refractivity contribution is -0.125. The fourth-order valence-corrected chi connectivity index (χ4v) is 4.08. The van der Waals surface area contributed by atoms with Gasteiger partial charge < -0.3 is 0 Å². The highest BCUT2D eigenvalue weighted by molar-refractivity contribution is 8.16. The van der Waals surface area contributed by atoms with Crippen LogP contribution in [0.25, 0.3) is 0 Å². The molecular weight excluding hydrogens is 320 g/mol. The van der Waals surface area contributed by atoms with Crippen molar-refractivity contribution in [3.05, 3.63) is 29.3 Å². The first-order valence-corrected chi connectivity index (χ1v) is 8.63. The van der Waals surface area contributed by atoms with Gasteiger partial charge in [0.1, 0.15) is 0 Å². The highest BCUT2D eigenvalue weighted by atomic mass is 35.5. The molecule has 1 amide bonds. The highest BCUT2D eigenvalue weighted by Gasteiger charge is 2.35. The Hall–Kier alpha value is -1.05. The maximum atomic E-state index is 12.2. The standard InChI is InChI=1S/C12H13ClN2O3S2/c1-3-15-11(16)8(2)19-12(15)14-20(17,18)10-6-4-9(13)5-7-10/h4-8H,3H2,1-2H3. The lowest BCUT2D eigenvalue weighted by Crippen LogP contribution is -2.31. The van der Waals surface area contributed by atoms with Gasteiger partial charge in [0.2, 0.25) is 5.91 Å². The van der Waals surface area contributed by atoms with Crippen molar-refractivity contribution in [2.45, 2.75) is 24.0 Å². The van der Waals surface area contributed by atoms with Crippen molar-refractivity contribution in [3.8, 4) is 0 Å². The normalized spacial score (nSPS) is 21.8. The Balaban J connectivity index is 2.38. The van der Waals surface area contributed by atoms with Gasteiger partial charge in [0.25, 0.3) is 10.0 Å². The molecule has 1 fully saturated rings. The van der Waals surface area contributed by atoms with Gasteiger partial charge in [0.05, 0.1) is 10.1 Å². The van der Waals surface area contributed by atoms with Crippen molar-refractivity contribution in [3.63, 3.8) is 0 Å². The number of benzene rings is 1. The molecule has 0 N–H and O–H groups in total. The van der Waals surface area contributed by atoms with E-state index in [0.717, 1.165) is 11.8 Å². The monoisotopic (exact) mass is 332 g/mol. The number of rotatable bonds is 3. The first kappa shape index (κ1) is 15.3. The van der Waals surface area contributed by atoms with Crippen LogP contribution < -0.4 is 0 Å². The Bertz CT molecular complexity index is 656. The summed E-state index contributed by atoms with van der Waals surface area (Å²) in [5.74, 6) is -0.123. The molecular formula is C12H13ClN2O3S2. The molecule has 2 rings (SSSR count). The number of amides is 1. The summed E-state index contributed by atoms with van der Waals surface area (Å²) in [7, 11) is -3.84. The summed E-state index contributed by atoms with van der Waals surface area (Å²) in [5, 5.41) is 0.361. The van der Waals surface area contributed by atoms with Crippen molar-refractivity contribution >= 4 is 44.5 Å². The molecule has 1 aliphatic heterocycles.